The molecule has 0 aliphatic heterocycles. The van der Waals surface area contributed by atoms with Gasteiger partial charge in [0.05, 0.1) is 12.2 Å². The van der Waals surface area contributed by atoms with Gasteiger partial charge in [-0.3, -0.25) is 4.79 Å². The highest BCUT2D eigenvalue weighted by molar-refractivity contribution is 7.89. The van der Waals surface area contributed by atoms with E-state index in [-0.39, 0.29) is 23.4 Å². The Hall–Kier alpha value is -1.60. The lowest BCUT2D eigenvalue weighted by molar-refractivity contribution is -0.120. The van der Waals surface area contributed by atoms with Crippen LogP contribution >= 0.6 is 0 Å². The number of carbonyl (C=O) groups excluding carboxylic acids is 1. The first kappa shape index (κ1) is 14.8. The fraction of sp³-hybridized carbons (Fsp3) is 0.462. The van der Waals surface area contributed by atoms with E-state index < -0.39 is 10.0 Å². The fourth-order valence-electron chi connectivity index (χ4n) is 1.78. The van der Waals surface area contributed by atoms with Gasteiger partial charge in [0.1, 0.15) is 4.90 Å². The predicted octanol–water partition coefficient (Wildman–Crippen LogP) is 0.675. The molecule has 0 heterocycles. The first-order chi connectivity index (χ1) is 9.53. The van der Waals surface area contributed by atoms with Crippen molar-refractivity contribution in [2.75, 3.05) is 18.4 Å². The van der Waals surface area contributed by atoms with E-state index >= 15 is 0 Å². The van der Waals surface area contributed by atoms with Crippen molar-refractivity contribution in [3.05, 3.63) is 24.3 Å². The van der Waals surface area contributed by atoms with E-state index in [1.807, 2.05) is 6.92 Å². The Balaban J connectivity index is 2.03. The van der Waals surface area contributed by atoms with Gasteiger partial charge in [-0.1, -0.05) is 12.1 Å². The van der Waals surface area contributed by atoms with Crippen LogP contribution in [0.3, 0.4) is 0 Å². The van der Waals surface area contributed by atoms with Crippen LogP contribution in [0.2, 0.25) is 0 Å². The van der Waals surface area contributed by atoms with Gasteiger partial charge in [0, 0.05) is 12.6 Å². The topological polar surface area (TPSA) is 87.3 Å². The van der Waals surface area contributed by atoms with Gasteiger partial charge in [-0.15, -0.1) is 0 Å². The molecule has 1 aromatic carbocycles. The van der Waals surface area contributed by atoms with Crippen molar-refractivity contribution in [1.29, 1.82) is 0 Å². The number of anilines is 1. The van der Waals surface area contributed by atoms with Gasteiger partial charge in [-0.05, 0) is 31.9 Å². The maximum atomic E-state index is 12.2. The van der Waals surface area contributed by atoms with Crippen LogP contribution in [0.1, 0.15) is 19.8 Å². The lowest BCUT2D eigenvalue weighted by Crippen LogP contribution is -2.38. The minimum absolute atomic E-state index is 0.154. The Labute approximate surface area is 119 Å². The number of benzene rings is 1. The van der Waals surface area contributed by atoms with Crippen LogP contribution in [0.25, 0.3) is 0 Å². The molecule has 0 bridgehead atoms. The molecule has 1 amide bonds. The molecule has 1 saturated carbocycles. The van der Waals surface area contributed by atoms with Gasteiger partial charge >= 0.3 is 0 Å². The van der Waals surface area contributed by atoms with E-state index in [2.05, 4.69) is 15.4 Å². The Bertz CT molecular complexity index is 582. The lowest BCUT2D eigenvalue weighted by Gasteiger charge is -2.12. The van der Waals surface area contributed by atoms with Crippen molar-refractivity contribution in [3.8, 4) is 0 Å². The summed E-state index contributed by atoms with van der Waals surface area (Å²) in [4.78, 5) is 11.7. The van der Waals surface area contributed by atoms with Crippen LogP contribution < -0.4 is 15.4 Å². The number of rotatable bonds is 7. The van der Waals surface area contributed by atoms with Gasteiger partial charge in [0.15, 0.2) is 0 Å². The summed E-state index contributed by atoms with van der Waals surface area (Å²) in [6.07, 6.45) is 1.95. The molecule has 1 aliphatic carbocycles. The molecular weight excluding hydrogens is 278 g/mol. The van der Waals surface area contributed by atoms with E-state index in [0.717, 1.165) is 12.8 Å². The van der Waals surface area contributed by atoms with Crippen molar-refractivity contribution in [2.24, 2.45) is 0 Å². The minimum Gasteiger partial charge on any atom is -0.384 e. The third kappa shape index (κ3) is 3.94. The summed E-state index contributed by atoms with van der Waals surface area (Å²) >= 11 is 0. The van der Waals surface area contributed by atoms with Gasteiger partial charge < -0.3 is 10.6 Å². The molecule has 0 unspecified atom stereocenters. The molecule has 7 heteroatoms. The molecular formula is C13H19N3O3S. The summed E-state index contributed by atoms with van der Waals surface area (Å²) in [5.74, 6) is -0.294. The number of amides is 1. The number of sulfonamides is 1. The number of nitrogens with one attached hydrogen (secondary N) is 3. The first-order valence-corrected chi connectivity index (χ1v) is 8.13. The Morgan fingerprint density at radius 3 is 2.65 bits per heavy atom. The van der Waals surface area contributed by atoms with E-state index in [1.54, 1.807) is 18.2 Å². The molecule has 1 fully saturated rings. The largest absolute Gasteiger partial charge is 0.384 e. The van der Waals surface area contributed by atoms with E-state index in [4.69, 9.17) is 0 Å². The third-order valence-corrected chi connectivity index (χ3v) is 4.37. The number of carbonyl (C=O) groups is 1. The van der Waals surface area contributed by atoms with E-state index in [1.165, 1.54) is 6.07 Å². The molecule has 0 radical (unpaired) electrons. The second-order valence-electron chi connectivity index (χ2n) is 4.69. The predicted molar refractivity (Wildman–Crippen MR) is 77.0 cm³/mol. The molecule has 6 nitrogen and oxygen atoms in total. The highest BCUT2D eigenvalue weighted by Crippen LogP contribution is 2.20. The molecule has 1 aromatic rings. The van der Waals surface area contributed by atoms with Crippen LogP contribution in [-0.2, 0) is 14.8 Å². The summed E-state index contributed by atoms with van der Waals surface area (Å²) in [6, 6.07) is 6.85. The number of para-hydroxylation sites is 1. The molecule has 0 spiro atoms. The average molecular weight is 297 g/mol. The Kier molecular flexibility index (Phi) is 4.61. The molecule has 1 aliphatic rings. The average Bonchev–Trinajstić information content (AvgIpc) is 3.21. The maximum absolute atomic E-state index is 12.2. The molecule has 110 valence electrons. The summed E-state index contributed by atoms with van der Waals surface area (Å²) in [6.45, 7) is 2.27. The summed E-state index contributed by atoms with van der Waals surface area (Å²) in [7, 11) is -3.70. The zero-order chi connectivity index (χ0) is 14.6. The number of hydrogen-bond acceptors (Lipinski definition) is 4. The van der Waals surface area contributed by atoms with Crippen molar-refractivity contribution in [2.45, 2.75) is 30.7 Å². The highest BCUT2D eigenvalue weighted by Gasteiger charge is 2.24. The first-order valence-electron chi connectivity index (χ1n) is 6.65. The Morgan fingerprint density at radius 1 is 1.30 bits per heavy atom. The van der Waals surface area contributed by atoms with Crippen molar-refractivity contribution < 1.29 is 13.2 Å². The summed E-state index contributed by atoms with van der Waals surface area (Å²) in [5.41, 5.74) is 0.533. The second-order valence-corrected chi connectivity index (χ2v) is 6.43. The van der Waals surface area contributed by atoms with Gasteiger partial charge in [0.25, 0.3) is 0 Å². The second kappa shape index (κ2) is 6.23. The van der Waals surface area contributed by atoms with Gasteiger partial charge in [-0.25, -0.2) is 13.1 Å². The van der Waals surface area contributed by atoms with Crippen LogP contribution in [-0.4, -0.2) is 33.5 Å². The SMILES string of the molecule is CCNc1ccccc1S(=O)(=O)NCC(=O)NC1CC1. The standard InChI is InChI=1S/C13H19N3O3S/c1-2-14-11-5-3-4-6-12(11)20(18,19)15-9-13(17)16-10-7-8-10/h3-6,10,14-15H,2,7-9H2,1H3,(H,16,17). The van der Waals surface area contributed by atoms with Gasteiger partial charge in [0.2, 0.25) is 15.9 Å². The van der Waals surface area contributed by atoms with E-state index in [9.17, 15) is 13.2 Å². The molecule has 0 aromatic heterocycles. The fourth-order valence-corrected chi connectivity index (χ4v) is 2.95. The normalized spacial score (nSPS) is 14.8. The maximum Gasteiger partial charge on any atom is 0.243 e. The monoisotopic (exact) mass is 297 g/mol. The summed E-state index contributed by atoms with van der Waals surface area (Å²) < 4.78 is 26.7. The van der Waals surface area contributed by atoms with Crippen molar-refractivity contribution in [1.82, 2.24) is 10.0 Å². The zero-order valence-electron chi connectivity index (χ0n) is 11.3. The quantitative estimate of drug-likeness (QED) is 0.690. The molecule has 0 saturated heterocycles. The van der Waals surface area contributed by atoms with Crippen molar-refractivity contribution in [3.63, 3.8) is 0 Å². The Morgan fingerprint density at radius 2 is 2.00 bits per heavy atom. The minimum atomic E-state index is -3.70. The molecule has 2 rings (SSSR count). The van der Waals surface area contributed by atoms with Gasteiger partial charge in [-0.2, -0.15) is 0 Å². The van der Waals surface area contributed by atoms with Crippen LogP contribution in [0.4, 0.5) is 5.69 Å². The summed E-state index contributed by atoms with van der Waals surface area (Å²) in [5, 5.41) is 5.73. The van der Waals surface area contributed by atoms with Crippen LogP contribution in [0.15, 0.2) is 29.2 Å². The van der Waals surface area contributed by atoms with Crippen LogP contribution in [0.5, 0.6) is 0 Å². The van der Waals surface area contributed by atoms with Crippen LogP contribution in [0, 0.1) is 0 Å². The third-order valence-electron chi connectivity index (χ3n) is 2.91. The zero-order valence-corrected chi connectivity index (χ0v) is 12.2. The molecule has 0 atom stereocenters. The molecule has 3 N–H and O–H groups in total. The lowest BCUT2D eigenvalue weighted by atomic mass is 10.3. The molecule has 20 heavy (non-hydrogen) atoms. The number of hydrogen-bond donors (Lipinski definition) is 3. The van der Waals surface area contributed by atoms with E-state index in [0.29, 0.717) is 12.2 Å². The van der Waals surface area contributed by atoms with Crippen molar-refractivity contribution >= 4 is 21.6 Å². The smallest absolute Gasteiger partial charge is 0.243 e. The highest BCUT2D eigenvalue weighted by atomic mass is 32.2.